The first-order chi connectivity index (χ1) is 6.85. The highest BCUT2D eigenvalue weighted by molar-refractivity contribution is 4.97. The van der Waals surface area contributed by atoms with Crippen LogP contribution >= 0.6 is 0 Å². The number of methoxy groups -OCH3 is 1. The van der Waals surface area contributed by atoms with Crippen LogP contribution in [0.5, 0.6) is 0 Å². The molecule has 0 amide bonds. The molecule has 0 spiro atoms. The van der Waals surface area contributed by atoms with Crippen LogP contribution in [0, 0.1) is 0 Å². The Morgan fingerprint density at radius 3 is 2.64 bits per heavy atom. The van der Waals surface area contributed by atoms with Gasteiger partial charge in [0, 0.05) is 19.2 Å². The van der Waals surface area contributed by atoms with Gasteiger partial charge in [0.05, 0.1) is 18.3 Å². The Labute approximate surface area is 85.1 Å². The highest BCUT2D eigenvalue weighted by Gasteiger charge is 2.42. The third-order valence-electron chi connectivity index (χ3n) is 3.98. The molecule has 3 rings (SSSR count). The Morgan fingerprint density at radius 1 is 1.21 bits per heavy atom. The van der Waals surface area contributed by atoms with Gasteiger partial charge in [0.15, 0.2) is 0 Å². The highest BCUT2D eigenvalue weighted by Crippen LogP contribution is 2.35. The molecule has 2 bridgehead atoms. The van der Waals surface area contributed by atoms with E-state index in [2.05, 4.69) is 5.32 Å². The van der Waals surface area contributed by atoms with Crippen molar-refractivity contribution >= 4 is 0 Å². The van der Waals surface area contributed by atoms with Gasteiger partial charge in [-0.15, -0.1) is 0 Å². The summed E-state index contributed by atoms with van der Waals surface area (Å²) in [6.07, 6.45) is 7.74. The summed E-state index contributed by atoms with van der Waals surface area (Å²) in [5.74, 6) is 0. The minimum Gasteiger partial charge on any atom is -0.381 e. The summed E-state index contributed by atoms with van der Waals surface area (Å²) in [5, 5.41) is 3.71. The topological polar surface area (TPSA) is 30.5 Å². The smallest absolute Gasteiger partial charge is 0.0733 e. The molecule has 2 aliphatic heterocycles. The highest BCUT2D eigenvalue weighted by atomic mass is 16.5. The van der Waals surface area contributed by atoms with Crippen LogP contribution in [0.1, 0.15) is 32.1 Å². The van der Waals surface area contributed by atoms with Gasteiger partial charge in [0.25, 0.3) is 0 Å². The van der Waals surface area contributed by atoms with Gasteiger partial charge in [-0.1, -0.05) is 0 Å². The van der Waals surface area contributed by atoms with E-state index in [9.17, 15) is 0 Å². The average Bonchev–Trinajstić information content (AvgIpc) is 2.71. The standard InChI is InChI=1S/C11H19NO2/c1-13-9-4-7(5-9)12-10-6-8-2-3-11(10)14-8/h7-12H,2-6H2,1H3. The first-order valence-corrected chi connectivity index (χ1v) is 5.79. The molecule has 2 saturated heterocycles. The van der Waals surface area contributed by atoms with Crippen molar-refractivity contribution in [2.45, 2.75) is 62.5 Å². The van der Waals surface area contributed by atoms with Crippen molar-refractivity contribution in [3.05, 3.63) is 0 Å². The first-order valence-electron chi connectivity index (χ1n) is 5.79. The molecule has 3 heteroatoms. The molecule has 1 aliphatic carbocycles. The zero-order valence-corrected chi connectivity index (χ0v) is 8.74. The maximum atomic E-state index is 5.81. The van der Waals surface area contributed by atoms with Crippen LogP contribution in [0.3, 0.4) is 0 Å². The molecule has 3 unspecified atom stereocenters. The SMILES string of the molecule is COC1CC(NC2CC3CCC2O3)C1. The normalized spacial score (nSPS) is 50.8. The summed E-state index contributed by atoms with van der Waals surface area (Å²) in [7, 11) is 1.81. The van der Waals surface area contributed by atoms with E-state index in [0.717, 1.165) is 0 Å². The quantitative estimate of drug-likeness (QED) is 0.734. The maximum Gasteiger partial charge on any atom is 0.0733 e. The molecular weight excluding hydrogens is 178 g/mol. The minimum absolute atomic E-state index is 0.506. The molecule has 3 fully saturated rings. The van der Waals surface area contributed by atoms with Crippen LogP contribution in [-0.4, -0.2) is 37.5 Å². The zero-order chi connectivity index (χ0) is 9.54. The summed E-state index contributed by atoms with van der Waals surface area (Å²) >= 11 is 0. The lowest BCUT2D eigenvalue weighted by atomic mass is 9.86. The summed E-state index contributed by atoms with van der Waals surface area (Å²) in [6.45, 7) is 0. The van der Waals surface area contributed by atoms with Gasteiger partial charge in [-0.25, -0.2) is 0 Å². The number of fused-ring (bicyclic) bond motifs is 2. The fraction of sp³-hybridized carbons (Fsp3) is 1.00. The zero-order valence-electron chi connectivity index (χ0n) is 8.74. The van der Waals surface area contributed by atoms with Crippen molar-refractivity contribution in [2.24, 2.45) is 0 Å². The monoisotopic (exact) mass is 197 g/mol. The van der Waals surface area contributed by atoms with Crippen LogP contribution in [0.15, 0.2) is 0 Å². The van der Waals surface area contributed by atoms with Crippen LogP contribution in [-0.2, 0) is 9.47 Å². The summed E-state index contributed by atoms with van der Waals surface area (Å²) < 4.78 is 11.1. The van der Waals surface area contributed by atoms with Gasteiger partial charge in [0.1, 0.15) is 0 Å². The summed E-state index contributed by atoms with van der Waals surface area (Å²) in [4.78, 5) is 0. The van der Waals surface area contributed by atoms with Gasteiger partial charge >= 0.3 is 0 Å². The Balaban J connectivity index is 1.46. The molecular formula is C11H19NO2. The van der Waals surface area contributed by atoms with Gasteiger partial charge < -0.3 is 14.8 Å². The molecule has 2 heterocycles. The molecule has 0 aromatic rings. The number of hydrogen-bond donors (Lipinski definition) is 1. The molecule has 0 radical (unpaired) electrons. The fourth-order valence-electron chi connectivity index (χ4n) is 3.01. The third kappa shape index (κ3) is 1.47. The van der Waals surface area contributed by atoms with Gasteiger partial charge in [-0.2, -0.15) is 0 Å². The van der Waals surface area contributed by atoms with Crippen molar-refractivity contribution in [3.8, 4) is 0 Å². The second-order valence-corrected chi connectivity index (χ2v) is 4.91. The van der Waals surface area contributed by atoms with Crippen LogP contribution in [0.4, 0.5) is 0 Å². The summed E-state index contributed by atoms with van der Waals surface area (Å²) in [5.41, 5.74) is 0. The third-order valence-corrected chi connectivity index (χ3v) is 3.98. The van der Waals surface area contributed by atoms with E-state index < -0.39 is 0 Å². The van der Waals surface area contributed by atoms with Gasteiger partial charge in [-0.05, 0) is 32.1 Å². The summed E-state index contributed by atoms with van der Waals surface area (Å²) in [6, 6.07) is 1.32. The van der Waals surface area contributed by atoms with E-state index in [1.165, 1.54) is 32.1 Å². The molecule has 80 valence electrons. The van der Waals surface area contributed by atoms with Crippen molar-refractivity contribution in [3.63, 3.8) is 0 Å². The van der Waals surface area contributed by atoms with E-state index in [4.69, 9.17) is 9.47 Å². The van der Waals surface area contributed by atoms with Crippen LogP contribution in [0.2, 0.25) is 0 Å². The second-order valence-electron chi connectivity index (χ2n) is 4.91. The van der Waals surface area contributed by atoms with E-state index in [1.54, 1.807) is 0 Å². The molecule has 0 aromatic carbocycles. The van der Waals surface area contributed by atoms with E-state index >= 15 is 0 Å². The molecule has 1 saturated carbocycles. The fourth-order valence-corrected chi connectivity index (χ4v) is 3.01. The Morgan fingerprint density at radius 2 is 2.07 bits per heavy atom. The molecule has 3 atom stereocenters. The molecule has 3 aliphatic rings. The maximum absolute atomic E-state index is 5.81. The van der Waals surface area contributed by atoms with Gasteiger partial charge in [-0.3, -0.25) is 0 Å². The first kappa shape index (κ1) is 9.13. The lowest BCUT2D eigenvalue weighted by molar-refractivity contribution is 0.0105. The number of hydrogen-bond acceptors (Lipinski definition) is 3. The number of rotatable bonds is 3. The van der Waals surface area contributed by atoms with E-state index in [-0.39, 0.29) is 0 Å². The molecule has 3 nitrogen and oxygen atoms in total. The Bertz CT molecular complexity index is 215. The lowest BCUT2D eigenvalue weighted by Crippen LogP contribution is -2.51. The molecule has 1 N–H and O–H groups in total. The van der Waals surface area contributed by atoms with Crippen molar-refractivity contribution in [2.75, 3.05) is 7.11 Å². The molecule has 14 heavy (non-hydrogen) atoms. The average molecular weight is 197 g/mol. The molecule has 0 aromatic heterocycles. The largest absolute Gasteiger partial charge is 0.381 e. The van der Waals surface area contributed by atoms with Crippen LogP contribution in [0.25, 0.3) is 0 Å². The van der Waals surface area contributed by atoms with Gasteiger partial charge in [0.2, 0.25) is 0 Å². The Kier molecular flexibility index (Phi) is 2.26. The number of ether oxygens (including phenoxy) is 2. The van der Waals surface area contributed by atoms with E-state index in [0.29, 0.717) is 30.4 Å². The lowest BCUT2D eigenvalue weighted by Gasteiger charge is -2.37. The van der Waals surface area contributed by atoms with Crippen molar-refractivity contribution in [1.29, 1.82) is 0 Å². The van der Waals surface area contributed by atoms with E-state index in [1.807, 2.05) is 7.11 Å². The predicted octanol–water partition coefficient (Wildman–Crippen LogP) is 1.07. The minimum atomic E-state index is 0.506. The van der Waals surface area contributed by atoms with Crippen LogP contribution < -0.4 is 5.32 Å². The second kappa shape index (κ2) is 3.47. The Hall–Kier alpha value is -0.120. The van der Waals surface area contributed by atoms with Crippen molar-refractivity contribution < 1.29 is 9.47 Å². The van der Waals surface area contributed by atoms with Crippen molar-refractivity contribution in [1.82, 2.24) is 5.32 Å². The predicted molar refractivity (Wildman–Crippen MR) is 53.3 cm³/mol. The number of nitrogens with one attached hydrogen (secondary N) is 1.